The molecule has 8 heteroatoms. The van der Waals surface area contributed by atoms with Gasteiger partial charge in [0.25, 0.3) is 5.91 Å². The Bertz CT molecular complexity index is 1460. The second-order valence-electron chi connectivity index (χ2n) is 12.9. The van der Waals surface area contributed by atoms with Gasteiger partial charge in [0.2, 0.25) is 0 Å². The van der Waals surface area contributed by atoms with Crippen molar-refractivity contribution in [2.75, 3.05) is 24.5 Å². The molecule has 0 bridgehead atoms. The van der Waals surface area contributed by atoms with E-state index in [0.29, 0.717) is 18.7 Å². The van der Waals surface area contributed by atoms with E-state index in [1.807, 2.05) is 12.1 Å². The van der Waals surface area contributed by atoms with Crippen molar-refractivity contribution in [1.82, 2.24) is 29.7 Å². The van der Waals surface area contributed by atoms with Crippen LogP contribution in [0.1, 0.15) is 83.6 Å². The first-order valence-electron chi connectivity index (χ1n) is 16.0. The zero-order valence-corrected chi connectivity index (χ0v) is 25.3. The molecule has 2 aromatic heterocycles. The fourth-order valence-electron chi connectivity index (χ4n) is 7.70. The van der Waals surface area contributed by atoms with E-state index < -0.39 is 0 Å². The number of aryl methyl sites for hydroxylation is 1. The monoisotopic (exact) mass is 577 g/mol. The minimum absolute atomic E-state index is 0.0370. The highest BCUT2D eigenvalue weighted by atomic mass is 16.2. The van der Waals surface area contributed by atoms with Crippen LogP contribution < -0.4 is 4.90 Å². The van der Waals surface area contributed by atoms with Crippen molar-refractivity contribution in [2.45, 2.75) is 83.0 Å². The van der Waals surface area contributed by atoms with Gasteiger partial charge in [0, 0.05) is 60.6 Å². The quantitative estimate of drug-likeness (QED) is 0.270. The molecule has 1 aliphatic carbocycles. The van der Waals surface area contributed by atoms with E-state index in [4.69, 9.17) is 0 Å². The molecular formula is C35H43N7O. The van der Waals surface area contributed by atoms with Crippen LogP contribution in [0.2, 0.25) is 0 Å². The average Bonchev–Trinajstić information content (AvgIpc) is 3.81. The highest BCUT2D eigenvalue weighted by Crippen LogP contribution is 2.48. The van der Waals surface area contributed by atoms with E-state index in [0.717, 1.165) is 30.8 Å². The molecule has 0 atom stereocenters. The third-order valence-electron chi connectivity index (χ3n) is 10.1. The molecule has 2 N–H and O–H groups in total. The summed E-state index contributed by atoms with van der Waals surface area (Å²) in [5.74, 6) is 1.46. The zero-order chi connectivity index (χ0) is 29.2. The smallest absolute Gasteiger partial charge is 0.254 e. The summed E-state index contributed by atoms with van der Waals surface area (Å²) in [6.07, 6.45) is 16.5. The number of rotatable bonds is 8. The summed E-state index contributed by atoms with van der Waals surface area (Å²) in [7, 11) is 0. The van der Waals surface area contributed by atoms with Crippen molar-refractivity contribution in [1.29, 1.82) is 0 Å². The van der Waals surface area contributed by atoms with Gasteiger partial charge in [-0.25, -0.2) is 9.97 Å². The summed E-state index contributed by atoms with van der Waals surface area (Å²) >= 11 is 0. The van der Waals surface area contributed by atoms with Crippen molar-refractivity contribution in [3.63, 3.8) is 0 Å². The molecule has 2 aromatic carbocycles. The maximum absolute atomic E-state index is 13.6. The van der Waals surface area contributed by atoms with E-state index in [2.05, 4.69) is 67.0 Å². The van der Waals surface area contributed by atoms with Crippen LogP contribution in [0.4, 0.5) is 5.69 Å². The summed E-state index contributed by atoms with van der Waals surface area (Å²) in [6.45, 7) is 7.36. The normalized spacial score (nSPS) is 18.7. The zero-order valence-electron chi connectivity index (χ0n) is 25.3. The van der Waals surface area contributed by atoms with Crippen molar-refractivity contribution in [3.8, 4) is 0 Å². The lowest BCUT2D eigenvalue weighted by Gasteiger charge is -2.44. The number of aromatic amines is 2. The van der Waals surface area contributed by atoms with E-state index in [9.17, 15) is 4.79 Å². The first-order chi connectivity index (χ1) is 21.1. The molecule has 2 aliphatic heterocycles. The van der Waals surface area contributed by atoms with Crippen molar-refractivity contribution in [3.05, 3.63) is 101 Å². The van der Waals surface area contributed by atoms with E-state index in [1.54, 1.807) is 35.3 Å². The number of carbonyl (C=O) groups is 1. The molecule has 4 aromatic rings. The maximum Gasteiger partial charge on any atom is 0.254 e. The second-order valence-corrected chi connectivity index (χ2v) is 12.9. The molecule has 0 radical (unpaired) electrons. The maximum atomic E-state index is 13.6. The van der Waals surface area contributed by atoms with Gasteiger partial charge >= 0.3 is 0 Å². The molecule has 43 heavy (non-hydrogen) atoms. The fourth-order valence-corrected chi connectivity index (χ4v) is 7.70. The van der Waals surface area contributed by atoms with E-state index >= 15 is 0 Å². The molecule has 3 aliphatic rings. The van der Waals surface area contributed by atoms with Gasteiger partial charge in [0.05, 0.1) is 13.1 Å². The van der Waals surface area contributed by atoms with Gasteiger partial charge in [0.15, 0.2) is 0 Å². The Balaban J connectivity index is 1.05. The number of benzene rings is 2. The molecule has 1 saturated heterocycles. The summed E-state index contributed by atoms with van der Waals surface area (Å²) in [5.41, 5.74) is 6.43. The lowest BCUT2D eigenvalue weighted by Crippen LogP contribution is -2.49. The van der Waals surface area contributed by atoms with Crippen molar-refractivity contribution < 1.29 is 4.79 Å². The Morgan fingerprint density at radius 3 is 2.23 bits per heavy atom. The number of fused-ring (bicyclic) bond motifs is 2. The number of nitrogens with zero attached hydrogens (tertiary/aromatic N) is 5. The average molecular weight is 578 g/mol. The molecule has 1 amide bonds. The molecule has 1 spiro atoms. The third-order valence-corrected chi connectivity index (χ3v) is 10.1. The number of anilines is 1. The second kappa shape index (κ2) is 12.0. The number of aromatic nitrogens is 4. The van der Waals surface area contributed by atoms with E-state index in [-0.39, 0.29) is 11.3 Å². The number of carbonyl (C=O) groups excluding carboxylic acids is 1. The Kier molecular flexibility index (Phi) is 7.78. The van der Waals surface area contributed by atoms with Gasteiger partial charge in [-0.3, -0.25) is 4.79 Å². The van der Waals surface area contributed by atoms with Crippen LogP contribution in [0.15, 0.2) is 67.3 Å². The van der Waals surface area contributed by atoms with Crippen LogP contribution >= 0.6 is 0 Å². The first-order valence-corrected chi connectivity index (χ1v) is 16.0. The first kappa shape index (κ1) is 27.9. The molecule has 8 nitrogen and oxygen atoms in total. The van der Waals surface area contributed by atoms with Gasteiger partial charge < -0.3 is 24.7 Å². The van der Waals surface area contributed by atoms with Crippen LogP contribution in [0, 0.1) is 6.92 Å². The number of imidazole rings is 2. The molecule has 7 rings (SSSR count). The van der Waals surface area contributed by atoms with Gasteiger partial charge in [-0.2, -0.15) is 0 Å². The van der Waals surface area contributed by atoms with Gasteiger partial charge in [-0.15, -0.1) is 0 Å². The van der Waals surface area contributed by atoms with Gasteiger partial charge in [-0.05, 0) is 75.0 Å². The number of piperidine rings is 1. The summed E-state index contributed by atoms with van der Waals surface area (Å²) in [6, 6.07) is 16.0. The summed E-state index contributed by atoms with van der Waals surface area (Å²) in [5, 5.41) is 0. The van der Waals surface area contributed by atoms with Crippen molar-refractivity contribution >= 4 is 11.6 Å². The predicted octanol–water partition coefficient (Wildman–Crippen LogP) is 5.97. The molecule has 4 heterocycles. The molecule has 1 saturated carbocycles. The summed E-state index contributed by atoms with van der Waals surface area (Å²) in [4.78, 5) is 35.7. The van der Waals surface area contributed by atoms with Gasteiger partial charge in [-0.1, -0.05) is 49.1 Å². The Morgan fingerprint density at radius 2 is 1.60 bits per heavy atom. The summed E-state index contributed by atoms with van der Waals surface area (Å²) < 4.78 is 0. The largest absolute Gasteiger partial charge is 0.366 e. The Labute approximate surface area is 254 Å². The topological polar surface area (TPSA) is 84.2 Å². The minimum Gasteiger partial charge on any atom is -0.366 e. The van der Waals surface area contributed by atoms with Crippen molar-refractivity contribution in [2.24, 2.45) is 0 Å². The lowest BCUT2D eigenvalue weighted by atomic mass is 9.73. The predicted molar refractivity (Wildman–Crippen MR) is 169 cm³/mol. The number of H-pyrrole nitrogens is 2. The van der Waals surface area contributed by atoms with Crippen LogP contribution in [-0.2, 0) is 25.0 Å². The number of hydrogen-bond acceptors (Lipinski definition) is 5. The third kappa shape index (κ3) is 5.85. The molecular weight excluding hydrogens is 534 g/mol. The lowest BCUT2D eigenvalue weighted by molar-refractivity contribution is 0.0721. The number of amides is 1. The van der Waals surface area contributed by atoms with E-state index in [1.165, 1.54) is 74.8 Å². The fraction of sp³-hybridized carbons (Fsp3) is 0.457. The van der Waals surface area contributed by atoms with Crippen LogP contribution in [0.3, 0.4) is 0 Å². The van der Waals surface area contributed by atoms with Crippen LogP contribution in [0.5, 0.6) is 0 Å². The Morgan fingerprint density at radius 1 is 0.930 bits per heavy atom. The number of nitrogens with one attached hydrogen (secondary N) is 2. The minimum atomic E-state index is -0.0370. The highest BCUT2D eigenvalue weighted by Gasteiger charge is 2.45. The van der Waals surface area contributed by atoms with Crippen LogP contribution in [0.25, 0.3) is 0 Å². The number of hydrogen-bond donors (Lipinski definition) is 2. The van der Waals surface area contributed by atoms with Gasteiger partial charge in [0.1, 0.15) is 11.6 Å². The SMILES string of the molecule is Cc1ccc2c(c1)C1(CCN(C3CCCCC3)CC1)CN2Cc1ccc(C(=O)N(Cc2ncc[nH]2)Cc2ncc[nH]2)cc1. The Hall–Kier alpha value is -3.91. The molecule has 0 unspecified atom stereocenters. The molecule has 224 valence electrons. The molecule has 2 fully saturated rings. The highest BCUT2D eigenvalue weighted by molar-refractivity contribution is 5.94. The standard InChI is InChI=1S/C35H43N7O/c1-26-7-12-31-30(21-26)35(13-19-40(20-14-35)29-5-3-2-4-6-29)25-42(31)22-27-8-10-28(11-9-27)34(43)41(23-32-36-15-16-37-32)24-33-38-17-18-39-33/h7-12,15-18,21,29H,2-6,13-14,19-20,22-25H2,1H3,(H,36,37)(H,38,39). The van der Waals surface area contributed by atoms with Crippen LogP contribution in [-0.4, -0.2) is 61.3 Å². The number of likely N-dealkylation sites (tertiary alicyclic amines) is 1.